The highest BCUT2D eigenvalue weighted by atomic mass is 35.5. The van der Waals surface area contributed by atoms with E-state index >= 15 is 0 Å². The topological polar surface area (TPSA) is 12.0 Å². The van der Waals surface area contributed by atoms with Crippen molar-refractivity contribution in [2.75, 3.05) is 19.0 Å². The fourth-order valence-electron chi connectivity index (χ4n) is 1.88. The zero-order valence-corrected chi connectivity index (χ0v) is 9.66. The summed E-state index contributed by atoms with van der Waals surface area (Å²) in [5.74, 6) is 1.68. The van der Waals surface area contributed by atoms with Gasteiger partial charge >= 0.3 is 0 Å². The largest absolute Gasteiger partial charge is 0.316 e. The van der Waals surface area contributed by atoms with Crippen LogP contribution in [0.2, 0.25) is 0 Å². The molecule has 1 fully saturated rings. The minimum Gasteiger partial charge on any atom is -0.316 e. The molecule has 1 aliphatic rings. The first-order valence-electron chi connectivity index (χ1n) is 5.41. The van der Waals surface area contributed by atoms with Crippen molar-refractivity contribution in [3.8, 4) is 0 Å². The lowest BCUT2D eigenvalue weighted by Crippen LogP contribution is -2.33. The zero-order valence-electron chi connectivity index (χ0n) is 8.91. The fraction of sp³-hybridized carbons (Fsp3) is 1.00. The predicted octanol–water partition coefficient (Wildman–Crippen LogP) is 3.03. The summed E-state index contributed by atoms with van der Waals surface area (Å²) in [6.45, 7) is 6.66. The van der Waals surface area contributed by atoms with E-state index in [4.69, 9.17) is 11.6 Å². The van der Waals surface area contributed by atoms with Gasteiger partial charge in [0.1, 0.15) is 0 Å². The van der Waals surface area contributed by atoms with Crippen molar-refractivity contribution in [2.45, 2.75) is 39.5 Å². The molecule has 0 amide bonds. The molecule has 2 heteroatoms. The van der Waals surface area contributed by atoms with Gasteiger partial charge in [-0.25, -0.2) is 0 Å². The normalized spacial score (nSPS) is 19.6. The Labute approximate surface area is 87.2 Å². The molecule has 0 saturated heterocycles. The molecule has 0 bridgehead atoms. The molecule has 0 aromatic carbocycles. The van der Waals surface area contributed by atoms with Crippen LogP contribution >= 0.6 is 11.6 Å². The van der Waals surface area contributed by atoms with E-state index in [1.807, 2.05) is 0 Å². The van der Waals surface area contributed by atoms with E-state index in [-0.39, 0.29) is 5.41 Å². The van der Waals surface area contributed by atoms with Crippen molar-refractivity contribution in [1.82, 2.24) is 5.32 Å². The van der Waals surface area contributed by atoms with Crippen molar-refractivity contribution >= 4 is 11.6 Å². The van der Waals surface area contributed by atoms with Crippen LogP contribution in [0.5, 0.6) is 0 Å². The second-order valence-electron chi connectivity index (χ2n) is 5.08. The van der Waals surface area contributed by atoms with Crippen molar-refractivity contribution in [3.05, 3.63) is 0 Å². The van der Waals surface area contributed by atoms with E-state index in [1.54, 1.807) is 0 Å². The maximum atomic E-state index is 5.85. The summed E-state index contributed by atoms with van der Waals surface area (Å²) in [5, 5.41) is 3.53. The van der Waals surface area contributed by atoms with E-state index in [0.717, 1.165) is 18.3 Å². The van der Waals surface area contributed by atoms with E-state index in [2.05, 4.69) is 19.2 Å². The first-order valence-corrected chi connectivity index (χ1v) is 5.94. The molecule has 13 heavy (non-hydrogen) atoms. The Kier molecular flexibility index (Phi) is 4.54. The van der Waals surface area contributed by atoms with Crippen molar-refractivity contribution in [2.24, 2.45) is 11.3 Å². The number of hydrogen-bond acceptors (Lipinski definition) is 1. The molecule has 0 heterocycles. The van der Waals surface area contributed by atoms with Gasteiger partial charge in [0.2, 0.25) is 0 Å². The summed E-state index contributed by atoms with van der Waals surface area (Å²) in [5.41, 5.74) is 0.250. The highest BCUT2D eigenvalue weighted by molar-refractivity contribution is 6.18. The molecule has 1 N–H and O–H groups in total. The molecule has 0 unspecified atom stereocenters. The van der Waals surface area contributed by atoms with Gasteiger partial charge in [-0.15, -0.1) is 11.6 Å². The second-order valence-corrected chi connectivity index (χ2v) is 5.35. The van der Waals surface area contributed by atoms with Gasteiger partial charge in [0.15, 0.2) is 0 Å². The maximum absolute atomic E-state index is 5.85. The van der Waals surface area contributed by atoms with Crippen molar-refractivity contribution in [1.29, 1.82) is 0 Å². The fourth-order valence-corrected chi connectivity index (χ4v) is 1.97. The molecule has 1 aliphatic carbocycles. The van der Waals surface area contributed by atoms with Crippen LogP contribution in [0.1, 0.15) is 39.5 Å². The summed E-state index contributed by atoms with van der Waals surface area (Å²) < 4.78 is 0. The van der Waals surface area contributed by atoms with Gasteiger partial charge in [0, 0.05) is 12.4 Å². The van der Waals surface area contributed by atoms with Gasteiger partial charge in [0.25, 0.3) is 0 Å². The Morgan fingerprint density at radius 2 is 1.92 bits per heavy atom. The van der Waals surface area contributed by atoms with Gasteiger partial charge in [-0.05, 0) is 30.7 Å². The number of rotatable bonds is 5. The Bertz CT molecular complexity index is 139. The first-order chi connectivity index (χ1) is 6.14. The third-order valence-corrected chi connectivity index (χ3v) is 3.60. The molecule has 78 valence electrons. The second kappa shape index (κ2) is 5.21. The molecule has 0 aromatic rings. The Morgan fingerprint density at radius 3 is 2.46 bits per heavy atom. The molecule has 0 radical (unpaired) electrons. The highest BCUT2D eigenvalue weighted by Crippen LogP contribution is 2.24. The van der Waals surface area contributed by atoms with Crippen LogP contribution in [0, 0.1) is 11.3 Å². The molecule has 0 atom stereocenters. The quantitative estimate of drug-likeness (QED) is 0.678. The Morgan fingerprint density at radius 1 is 1.31 bits per heavy atom. The third kappa shape index (κ3) is 4.33. The minimum atomic E-state index is 0.250. The number of nitrogens with one attached hydrogen (secondary N) is 1. The molecule has 1 saturated carbocycles. The van der Waals surface area contributed by atoms with E-state index in [9.17, 15) is 0 Å². The van der Waals surface area contributed by atoms with Crippen molar-refractivity contribution in [3.63, 3.8) is 0 Å². The molecule has 0 aromatic heterocycles. The lowest BCUT2D eigenvalue weighted by molar-refractivity contribution is 0.364. The molecular weight excluding hydrogens is 182 g/mol. The summed E-state index contributed by atoms with van der Waals surface area (Å²) in [6, 6.07) is 0. The summed E-state index contributed by atoms with van der Waals surface area (Å²) in [4.78, 5) is 0. The third-order valence-electron chi connectivity index (χ3n) is 2.87. The maximum Gasteiger partial charge on any atom is 0.0286 e. The molecule has 0 spiro atoms. The van der Waals surface area contributed by atoms with E-state index < -0.39 is 0 Å². The number of hydrogen-bond donors (Lipinski definition) is 1. The highest BCUT2D eigenvalue weighted by Gasteiger charge is 2.18. The van der Waals surface area contributed by atoms with Gasteiger partial charge in [-0.3, -0.25) is 0 Å². The van der Waals surface area contributed by atoms with Gasteiger partial charge in [0.05, 0.1) is 0 Å². The van der Waals surface area contributed by atoms with Crippen LogP contribution < -0.4 is 5.32 Å². The van der Waals surface area contributed by atoms with Crippen LogP contribution in [0.4, 0.5) is 0 Å². The smallest absolute Gasteiger partial charge is 0.0286 e. The lowest BCUT2D eigenvalue weighted by atomic mass is 9.96. The molecular formula is C11H22ClN. The van der Waals surface area contributed by atoms with E-state index in [0.29, 0.717) is 0 Å². The minimum absolute atomic E-state index is 0.250. The lowest BCUT2D eigenvalue weighted by Gasteiger charge is -2.22. The SMILES string of the molecule is CC(C)(CCl)CNCC1CCCC1. The molecule has 1 rings (SSSR count). The summed E-state index contributed by atoms with van der Waals surface area (Å²) in [7, 11) is 0. The summed E-state index contributed by atoms with van der Waals surface area (Å²) >= 11 is 5.85. The number of halogens is 1. The van der Waals surface area contributed by atoms with Crippen LogP contribution in [-0.4, -0.2) is 19.0 Å². The predicted molar refractivity (Wildman–Crippen MR) is 59.3 cm³/mol. The zero-order chi connectivity index (χ0) is 9.73. The van der Waals surface area contributed by atoms with Crippen LogP contribution in [-0.2, 0) is 0 Å². The Hall–Kier alpha value is 0.250. The van der Waals surface area contributed by atoms with Gasteiger partial charge in [-0.1, -0.05) is 26.7 Å². The summed E-state index contributed by atoms with van der Waals surface area (Å²) in [6.07, 6.45) is 5.72. The molecule has 0 aliphatic heterocycles. The number of alkyl halides is 1. The molecule has 1 nitrogen and oxygen atoms in total. The van der Waals surface area contributed by atoms with Crippen LogP contribution in [0.15, 0.2) is 0 Å². The van der Waals surface area contributed by atoms with Crippen molar-refractivity contribution < 1.29 is 0 Å². The Balaban J connectivity index is 2.06. The van der Waals surface area contributed by atoms with Gasteiger partial charge < -0.3 is 5.32 Å². The van der Waals surface area contributed by atoms with Gasteiger partial charge in [-0.2, -0.15) is 0 Å². The van der Waals surface area contributed by atoms with Crippen LogP contribution in [0.3, 0.4) is 0 Å². The standard InChI is InChI=1S/C11H22ClN/c1-11(2,8-12)9-13-7-10-5-3-4-6-10/h10,13H,3-9H2,1-2H3. The average molecular weight is 204 g/mol. The average Bonchev–Trinajstić information content (AvgIpc) is 2.57. The first kappa shape index (κ1) is 11.3. The monoisotopic (exact) mass is 203 g/mol. The van der Waals surface area contributed by atoms with E-state index in [1.165, 1.54) is 32.2 Å². The van der Waals surface area contributed by atoms with Crippen LogP contribution in [0.25, 0.3) is 0 Å².